The van der Waals surface area contributed by atoms with Gasteiger partial charge in [-0.25, -0.2) is 4.39 Å². The Balaban J connectivity index is 2.02. The van der Waals surface area contributed by atoms with Gasteiger partial charge in [-0.05, 0) is 45.2 Å². The second kappa shape index (κ2) is 5.81. The van der Waals surface area contributed by atoms with Crippen LogP contribution in [0.3, 0.4) is 0 Å². The van der Waals surface area contributed by atoms with Crippen LogP contribution in [0, 0.1) is 18.7 Å². The van der Waals surface area contributed by atoms with E-state index in [-0.39, 0.29) is 11.9 Å². The zero-order chi connectivity index (χ0) is 13.1. The molecule has 0 radical (unpaired) electrons. The number of benzene rings is 1. The van der Waals surface area contributed by atoms with Gasteiger partial charge in [0.1, 0.15) is 5.82 Å². The van der Waals surface area contributed by atoms with E-state index in [2.05, 4.69) is 4.90 Å². The van der Waals surface area contributed by atoms with Crippen LogP contribution in [-0.2, 0) is 6.54 Å². The predicted molar refractivity (Wildman–Crippen MR) is 70.8 cm³/mol. The molecule has 0 unspecified atom stereocenters. The van der Waals surface area contributed by atoms with Crippen molar-refractivity contribution in [1.29, 1.82) is 0 Å². The normalized spacial score (nSPS) is 23.0. The molecule has 0 saturated carbocycles. The number of piperidine rings is 1. The summed E-state index contributed by atoms with van der Waals surface area (Å²) in [7, 11) is 0. The number of halogens is 1. The molecule has 0 aromatic heterocycles. The summed E-state index contributed by atoms with van der Waals surface area (Å²) in [4.78, 5) is 2.25. The molecule has 1 aromatic carbocycles. The Morgan fingerprint density at radius 2 is 2.28 bits per heavy atom. The summed E-state index contributed by atoms with van der Waals surface area (Å²) in [6, 6.07) is 5.26. The molecule has 0 aliphatic carbocycles. The second-order valence-electron chi connectivity index (χ2n) is 5.47. The van der Waals surface area contributed by atoms with Crippen LogP contribution >= 0.6 is 0 Å². The number of rotatable bonds is 3. The fourth-order valence-corrected chi connectivity index (χ4v) is 2.69. The number of aryl methyl sites for hydroxylation is 1. The number of likely N-dealkylation sites (tertiary alicyclic amines) is 1. The van der Waals surface area contributed by atoms with E-state index in [1.54, 1.807) is 12.1 Å². The minimum atomic E-state index is -0.268. The Labute approximate surface area is 108 Å². The summed E-state index contributed by atoms with van der Waals surface area (Å²) >= 11 is 0. The molecule has 2 atom stereocenters. The average molecular weight is 251 g/mol. The van der Waals surface area contributed by atoms with E-state index < -0.39 is 0 Å². The first-order valence-corrected chi connectivity index (χ1v) is 6.71. The molecule has 2 rings (SSSR count). The van der Waals surface area contributed by atoms with Gasteiger partial charge in [0, 0.05) is 18.7 Å². The first-order chi connectivity index (χ1) is 8.56. The first kappa shape index (κ1) is 13.5. The highest BCUT2D eigenvalue weighted by atomic mass is 19.1. The zero-order valence-corrected chi connectivity index (χ0v) is 11.2. The molecule has 1 aliphatic rings. The molecule has 0 spiro atoms. The van der Waals surface area contributed by atoms with E-state index in [4.69, 9.17) is 0 Å². The van der Waals surface area contributed by atoms with Gasteiger partial charge in [-0.3, -0.25) is 4.90 Å². The van der Waals surface area contributed by atoms with Gasteiger partial charge in [0.2, 0.25) is 0 Å². The molecular formula is C15H22FNO. The van der Waals surface area contributed by atoms with Crippen LogP contribution in [-0.4, -0.2) is 29.2 Å². The molecule has 100 valence electrons. The lowest BCUT2D eigenvalue weighted by atomic mass is 9.93. The maximum Gasteiger partial charge on any atom is 0.127 e. The maximum atomic E-state index is 13.7. The fraction of sp³-hybridized carbons (Fsp3) is 0.600. The Morgan fingerprint density at radius 3 is 3.00 bits per heavy atom. The highest BCUT2D eigenvalue weighted by Gasteiger charge is 2.23. The first-order valence-electron chi connectivity index (χ1n) is 6.71. The van der Waals surface area contributed by atoms with Crippen LogP contribution < -0.4 is 0 Å². The molecular weight excluding hydrogens is 229 g/mol. The van der Waals surface area contributed by atoms with Gasteiger partial charge in [-0.15, -0.1) is 0 Å². The Bertz CT molecular complexity index is 405. The van der Waals surface area contributed by atoms with Crippen LogP contribution in [0.25, 0.3) is 0 Å². The second-order valence-corrected chi connectivity index (χ2v) is 5.47. The van der Waals surface area contributed by atoms with Gasteiger partial charge < -0.3 is 5.11 Å². The van der Waals surface area contributed by atoms with Gasteiger partial charge in [-0.2, -0.15) is 0 Å². The number of aliphatic hydroxyl groups is 1. The molecule has 1 aliphatic heterocycles. The third kappa shape index (κ3) is 3.30. The molecule has 3 heteroatoms. The molecule has 18 heavy (non-hydrogen) atoms. The molecule has 1 aromatic rings. The predicted octanol–water partition coefficient (Wildman–Crippen LogP) is 2.73. The minimum absolute atomic E-state index is 0.125. The number of aliphatic hydroxyl groups excluding tert-OH is 1. The molecule has 1 heterocycles. The highest BCUT2D eigenvalue weighted by Crippen LogP contribution is 2.22. The Hall–Kier alpha value is -0.930. The Kier molecular flexibility index (Phi) is 4.36. The van der Waals surface area contributed by atoms with Gasteiger partial charge >= 0.3 is 0 Å². The van der Waals surface area contributed by atoms with Crippen molar-refractivity contribution in [3.8, 4) is 0 Å². The van der Waals surface area contributed by atoms with E-state index in [0.717, 1.165) is 37.1 Å². The standard InChI is InChI=1S/C15H22FNO/c1-11-5-6-15(16)14(8-11)10-17-7-3-4-13(9-17)12(2)18/h5-6,8,12-13,18H,3-4,7,9-10H2,1-2H3/t12-,13-/m0/s1. The maximum absolute atomic E-state index is 13.7. The van der Waals surface area contributed by atoms with Gasteiger partial charge in [0.25, 0.3) is 0 Å². The topological polar surface area (TPSA) is 23.5 Å². The van der Waals surface area contributed by atoms with Crippen molar-refractivity contribution in [2.45, 2.75) is 39.3 Å². The van der Waals surface area contributed by atoms with Crippen LogP contribution in [0.15, 0.2) is 18.2 Å². The van der Waals surface area contributed by atoms with Crippen LogP contribution in [0.5, 0.6) is 0 Å². The number of hydrogen-bond acceptors (Lipinski definition) is 2. The van der Waals surface area contributed by atoms with E-state index in [9.17, 15) is 9.50 Å². The Morgan fingerprint density at radius 1 is 1.50 bits per heavy atom. The van der Waals surface area contributed by atoms with Crippen molar-refractivity contribution >= 4 is 0 Å². The quantitative estimate of drug-likeness (QED) is 0.893. The summed E-state index contributed by atoms with van der Waals surface area (Å²) in [5.41, 5.74) is 1.86. The van der Waals surface area contributed by atoms with Gasteiger partial charge in [0.05, 0.1) is 6.10 Å². The third-order valence-corrected chi connectivity index (χ3v) is 3.82. The largest absolute Gasteiger partial charge is 0.393 e. The van der Waals surface area contributed by atoms with Crippen molar-refractivity contribution in [2.24, 2.45) is 5.92 Å². The summed E-state index contributed by atoms with van der Waals surface area (Å²) in [6.45, 7) is 6.34. The fourth-order valence-electron chi connectivity index (χ4n) is 2.69. The van der Waals surface area contributed by atoms with Crippen molar-refractivity contribution in [2.75, 3.05) is 13.1 Å². The summed E-state index contributed by atoms with van der Waals surface area (Å²) in [5.74, 6) is 0.200. The summed E-state index contributed by atoms with van der Waals surface area (Å²) in [5, 5.41) is 9.66. The monoisotopic (exact) mass is 251 g/mol. The van der Waals surface area contributed by atoms with Crippen molar-refractivity contribution in [3.63, 3.8) is 0 Å². The van der Waals surface area contributed by atoms with Crippen molar-refractivity contribution in [3.05, 3.63) is 35.1 Å². The van der Waals surface area contributed by atoms with Crippen LogP contribution in [0.4, 0.5) is 4.39 Å². The lowest BCUT2D eigenvalue weighted by molar-refractivity contribution is 0.0595. The van der Waals surface area contributed by atoms with Crippen LogP contribution in [0.2, 0.25) is 0 Å². The van der Waals surface area contributed by atoms with Crippen molar-refractivity contribution in [1.82, 2.24) is 4.90 Å². The van der Waals surface area contributed by atoms with E-state index in [0.29, 0.717) is 12.5 Å². The molecule has 0 amide bonds. The average Bonchev–Trinajstić information content (AvgIpc) is 2.34. The molecule has 1 saturated heterocycles. The third-order valence-electron chi connectivity index (χ3n) is 3.82. The summed E-state index contributed by atoms with van der Waals surface area (Å²) < 4.78 is 13.7. The highest BCUT2D eigenvalue weighted by molar-refractivity contribution is 5.24. The lowest BCUT2D eigenvalue weighted by Gasteiger charge is -2.34. The molecule has 2 nitrogen and oxygen atoms in total. The lowest BCUT2D eigenvalue weighted by Crippen LogP contribution is -2.39. The van der Waals surface area contributed by atoms with Crippen LogP contribution in [0.1, 0.15) is 30.9 Å². The zero-order valence-electron chi connectivity index (χ0n) is 11.2. The molecule has 0 bridgehead atoms. The summed E-state index contributed by atoms with van der Waals surface area (Å²) in [6.07, 6.45) is 1.89. The van der Waals surface area contributed by atoms with Gasteiger partial charge in [-0.1, -0.05) is 17.7 Å². The molecule has 1 N–H and O–H groups in total. The van der Waals surface area contributed by atoms with Crippen molar-refractivity contribution < 1.29 is 9.50 Å². The minimum Gasteiger partial charge on any atom is -0.393 e. The smallest absolute Gasteiger partial charge is 0.127 e. The number of nitrogens with zero attached hydrogens (tertiary/aromatic N) is 1. The molecule has 1 fully saturated rings. The van der Waals surface area contributed by atoms with E-state index in [1.165, 1.54) is 0 Å². The van der Waals surface area contributed by atoms with E-state index >= 15 is 0 Å². The van der Waals surface area contributed by atoms with E-state index in [1.807, 2.05) is 19.9 Å². The number of hydrogen-bond donors (Lipinski definition) is 1. The van der Waals surface area contributed by atoms with Gasteiger partial charge in [0.15, 0.2) is 0 Å². The SMILES string of the molecule is Cc1ccc(F)c(CN2CCC[C@H]([C@H](C)O)C2)c1.